The molecule has 0 saturated heterocycles. The Morgan fingerprint density at radius 2 is 1.67 bits per heavy atom. The van der Waals surface area contributed by atoms with E-state index in [1.807, 2.05) is 30.3 Å². The highest BCUT2D eigenvalue weighted by atomic mass is 32.1. The van der Waals surface area contributed by atoms with Crippen molar-refractivity contribution in [2.45, 2.75) is 12.6 Å². The Kier molecular flexibility index (Phi) is 7.31. The molecule has 4 rings (SSSR count). The van der Waals surface area contributed by atoms with E-state index in [0.717, 1.165) is 5.56 Å². The summed E-state index contributed by atoms with van der Waals surface area (Å²) in [7, 11) is 0. The number of nitrogen functional groups attached to an aromatic ring is 1. The molecule has 0 aliphatic heterocycles. The topological polar surface area (TPSA) is 144 Å². The van der Waals surface area contributed by atoms with Crippen LogP contribution in [0.3, 0.4) is 0 Å². The summed E-state index contributed by atoms with van der Waals surface area (Å²) in [6.45, 7) is 0.210. The molecule has 0 bridgehead atoms. The Balaban J connectivity index is 1.80. The Hall–Kier alpha value is -4.64. The van der Waals surface area contributed by atoms with Gasteiger partial charge in [0.2, 0.25) is 5.91 Å². The molecule has 1 atom stereocenters. The van der Waals surface area contributed by atoms with Gasteiger partial charge < -0.3 is 16.8 Å². The number of benzene rings is 2. The van der Waals surface area contributed by atoms with Crippen molar-refractivity contribution in [2.75, 3.05) is 10.6 Å². The summed E-state index contributed by atoms with van der Waals surface area (Å²) in [5.41, 5.74) is 12.4. The average Bonchev–Trinajstić information content (AvgIpc) is 3.29. The van der Waals surface area contributed by atoms with Gasteiger partial charge in [0.05, 0.1) is 5.69 Å². The molecule has 11 heteroatoms. The van der Waals surface area contributed by atoms with Crippen molar-refractivity contribution < 1.29 is 18.8 Å². The van der Waals surface area contributed by atoms with Crippen LogP contribution in [0, 0.1) is 5.82 Å². The molecule has 182 valence electrons. The fourth-order valence-electron chi connectivity index (χ4n) is 3.57. The van der Waals surface area contributed by atoms with E-state index < -0.39 is 29.6 Å². The number of carbonyl (C=O) groups excluding carboxylic acids is 3. The molecule has 0 saturated carbocycles. The SMILES string of the molecule is NC(=O)c1nsc(C(=O)N(c2ccc(F)cc2)C(C(=O)NCc2ccccc2)c2ccncc2)c1N. The van der Waals surface area contributed by atoms with E-state index in [2.05, 4.69) is 14.7 Å². The lowest BCUT2D eigenvalue weighted by Crippen LogP contribution is -2.44. The summed E-state index contributed by atoms with van der Waals surface area (Å²) in [4.78, 5) is 44.2. The smallest absolute Gasteiger partial charge is 0.273 e. The number of halogens is 1. The minimum absolute atomic E-state index is 0.0805. The first-order chi connectivity index (χ1) is 17.4. The number of hydrogen-bond donors (Lipinski definition) is 3. The predicted molar refractivity (Wildman–Crippen MR) is 134 cm³/mol. The quantitative estimate of drug-likeness (QED) is 0.336. The Labute approximate surface area is 209 Å². The number of amides is 3. The third-order valence-electron chi connectivity index (χ3n) is 5.32. The van der Waals surface area contributed by atoms with Gasteiger partial charge in [0.25, 0.3) is 11.8 Å². The summed E-state index contributed by atoms with van der Waals surface area (Å²) >= 11 is 0.688. The first-order valence-electron chi connectivity index (χ1n) is 10.7. The van der Waals surface area contributed by atoms with Gasteiger partial charge in [-0.2, -0.15) is 4.37 Å². The lowest BCUT2D eigenvalue weighted by Gasteiger charge is -2.31. The van der Waals surface area contributed by atoms with Crippen LogP contribution in [0.1, 0.15) is 37.3 Å². The molecule has 36 heavy (non-hydrogen) atoms. The normalized spacial score (nSPS) is 11.5. The number of pyridine rings is 1. The van der Waals surface area contributed by atoms with Crippen molar-refractivity contribution >= 4 is 40.6 Å². The van der Waals surface area contributed by atoms with Crippen LogP contribution in [0.25, 0.3) is 0 Å². The van der Waals surface area contributed by atoms with Crippen LogP contribution in [0.2, 0.25) is 0 Å². The molecule has 2 aromatic carbocycles. The Bertz CT molecular complexity index is 1380. The maximum atomic E-state index is 13.9. The van der Waals surface area contributed by atoms with Crippen molar-refractivity contribution in [2.24, 2.45) is 5.73 Å². The van der Waals surface area contributed by atoms with Crippen LogP contribution >= 0.6 is 11.5 Å². The number of primary amides is 1. The monoisotopic (exact) mass is 504 g/mol. The molecule has 3 amide bonds. The fraction of sp³-hybridized carbons (Fsp3) is 0.0800. The number of hydrogen-bond acceptors (Lipinski definition) is 7. The molecule has 9 nitrogen and oxygen atoms in total. The molecular formula is C25H21FN6O3S. The van der Waals surface area contributed by atoms with E-state index in [4.69, 9.17) is 11.5 Å². The Morgan fingerprint density at radius 3 is 2.28 bits per heavy atom. The standard InChI is InChI=1S/C25H21FN6O3S/c26-17-6-8-18(9-7-17)32(25(35)22-19(27)20(23(28)33)31-36-22)21(16-10-12-29-13-11-16)24(34)30-14-15-4-2-1-3-5-15/h1-13,21H,14,27H2,(H2,28,33)(H,30,34). The number of nitrogens with one attached hydrogen (secondary N) is 1. The summed E-state index contributed by atoms with van der Waals surface area (Å²) in [5, 5.41) is 2.86. The highest BCUT2D eigenvalue weighted by Crippen LogP contribution is 2.33. The van der Waals surface area contributed by atoms with Gasteiger partial charge in [0.1, 0.15) is 16.7 Å². The largest absolute Gasteiger partial charge is 0.395 e. The highest BCUT2D eigenvalue weighted by molar-refractivity contribution is 7.09. The van der Waals surface area contributed by atoms with E-state index in [9.17, 15) is 18.8 Å². The zero-order valence-electron chi connectivity index (χ0n) is 18.8. The van der Waals surface area contributed by atoms with E-state index in [1.54, 1.807) is 12.1 Å². The van der Waals surface area contributed by atoms with Gasteiger partial charge in [-0.1, -0.05) is 30.3 Å². The van der Waals surface area contributed by atoms with E-state index in [0.29, 0.717) is 17.1 Å². The third kappa shape index (κ3) is 5.20. The van der Waals surface area contributed by atoms with E-state index in [-0.39, 0.29) is 28.5 Å². The van der Waals surface area contributed by atoms with Crippen LogP contribution in [-0.4, -0.2) is 27.1 Å². The third-order valence-corrected chi connectivity index (χ3v) is 6.17. The van der Waals surface area contributed by atoms with Gasteiger partial charge in [0, 0.05) is 24.6 Å². The first kappa shape index (κ1) is 24.5. The number of nitrogens with zero attached hydrogens (tertiary/aromatic N) is 3. The molecule has 5 N–H and O–H groups in total. The zero-order chi connectivity index (χ0) is 25.7. The fourth-order valence-corrected chi connectivity index (χ4v) is 4.31. The summed E-state index contributed by atoms with van der Waals surface area (Å²) < 4.78 is 17.7. The van der Waals surface area contributed by atoms with Gasteiger partial charge in [-0.25, -0.2) is 4.39 Å². The molecular weight excluding hydrogens is 483 g/mol. The van der Waals surface area contributed by atoms with Gasteiger partial charge in [-0.15, -0.1) is 0 Å². The second-order valence-electron chi connectivity index (χ2n) is 7.68. The number of aromatic nitrogens is 2. The lowest BCUT2D eigenvalue weighted by molar-refractivity contribution is -0.122. The second-order valence-corrected chi connectivity index (χ2v) is 8.45. The number of nitrogens with two attached hydrogens (primary N) is 2. The molecule has 0 aliphatic rings. The van der Waals surface area contributed by atoms with Crippen LogP contribution < -0.4 is 21.7 Å². The van der Waals surface area contributed by atoms with Crippen LogP contribution in [0.5, 0.6) is 0 Å². The van der Waals surface area contributed by atoms with Crippen molar-refractivity contribution in [3.8, 4) is 0 Å². The minimum atomic E-state index is -1.19. The van der Waals surface area contributed by atoms with Crippen LogP contribution in [0.15, 0.2) is 79.1 Å². The lowest BCUT2D eigenvalue weighted by atomic mass is 10.0. The van der Waals surface area contributed by atoms with E-state index in [1.165, 1.54) is 41.6 Å². The molecule has 2 aromatic heterocycles. The van der Waals surface area contributed by atoms with Crippen molar-refractivity contribution in [1.82, 2.24) is 14.7 Å². The molecule has 2 heterocycles. The van der Waals surface area contributed by atoms with Crippen molar-refractivity contribution in [3.63, 3.8) is 0 Å². The second kappa shape index (κ2) is 10.7. The van der Waals surface area contributed by atoms with Crippen LogP contribution in [0.4, 0.5) is 15.8 Å². The van der Waals surface area contributed by atoms with E-state index >= 15 is 0 Å². The summed E-state index contributed by atoms with van der Waals surface area (Å²) in [6.07, 6.45) is 2.98. The number of carbonyl (C=O) groups is 3. The number of rotatable bonds is 8. The average molecular weight is 505 g/mol. The highest BCUT2D eigenvalue weighted by Gasteiger charge is 2.36. The van der Waals surface area contributed by atoms with Crippen molar-refractivity contribution in [1.29, 1.82) is 0 Å². The molecule has 0 aliphatic carbocycles. The molecule has 0 spiro atoms. The van der Waals surface area contributed by atoms with Crippen molar-refractivity contribution in [3.05, 3.63) is 107 Å². The summed E-state index contributed by atoms with van der Waals surface area (Å²) in [5.74, 6) is -2.61. The van der Waals surface area contributed by atoms with Gasteiger partial charge in [0.15, 0.2) is 5.69 Å². The maximum absolute atomic E-state index is 13.9. The molecule has 4 aromatic rings. The molecule has 0 radical (unpaired) electrons. The van der Waals surface area contributed by atoms with Gasteiger partial charge >= 0.3 is 0 Å². The van der Waals surface area contributed by atoms with Gasteiger partial charge in [-0.05, 0) is 59.1 Å². The van der Waals surface area contributed by atoms with Crippen LogP contribution in [-0.2, 0) is 11.3 Å². The van der Waals surface area contributed by atoms with Gasteiger partial charge in [-0.3, -0.25) is 24.3 Å². The maximum Gasteiger partial charge on any atom is 0.273 e. The Morgan fingerprint density at radius 1 is 1.00 bits per heavy atom. The molecule has 0 fully saturated rings. The first-order valence-corrected chi connectivity index (χ1v) is 11.5. The minimum Gasteiger partial charge on any atom is -0.395 e. The molecule has 1 unspecified atom stereocenters. The summed E-state index contributed by atoms with van der Waals surface area (Å²) in [6, 6.07) is 16.4. The predicted octanol–water partition coefficient (Wildman–Crippen LogP) is 3.06. The number of anilines is 2. The zero-order valence-corrected chi connectivity index (χ0v) is 19.6.